The third-order valence-electron chi connectivity index (χ3n) is 5.57. The van der Waals surface area contributed by atoms with Crippen molar-refractivity contribution in [1.29, 1.82) is 0 Å². The first-order valence-electron chi connectivity index (χ1n) is 10.6. The second-order valence-corrected chi connectivity index (χ2v) is 9.59. The summed E-state index contributed by atoms with van der Waals surface area (Å²) in [6, 6.07) is 11.9. The lowest BCUT2D eigenvalue weighted by Gasteiger charge is -2.27. The maximum atomic E-state index is 13.3. The lowest BCUT2D eigenvalue weighted by atomic mass is 10.0. The maximum Gasteiger partial charge on any atom is 0.446 e. The van der Waals surface area contributed by atoms with Crippen molar-refractivity contribution in [3.05, 3.63) is 72.1 Å². The number of aromatic nitrogens is 2. The van der Waals surface area contributed by atoms with E-state index in [9.17, 15) is 22.8 Å². The Morgan fingerprint density at radius 2 is 1.74 bits per heavy atom. The van der Waals surface area contributed by atoms with Crippen molar-refractivity contribution in [3.8, 4) is 0 Å². The molecule has 1 aromatic carbocycles. The number of nitrogens with zero attached hydrogens (tertiary/aromatic N) is 4. The average molecular weight is 502 g/mol. The van der Waals surface area contributed by atoms with Crippen molar-refractivity contribution in [3.63, 3.8) is 0 Å². The van der Waals surface area contributed by atoms with Crippen LogP contribution in [0.15, 0.2) is 65.8 Å². The number of amides is 3. The summed E-state index contributed by atoms with van der Waals surface area (Å²) in [5.41, 5.74) is -3.69. The Hall–Kier alpha value is -3.60. The molecule has 11 heteroatoms. The zero-order chi connectivity index (χ0) is 25.4. The summed E-state index contributed by atoms with van der Waals surface area (Å²) in [5.74, 6) is 0.730. The molecular formula is C24H22F3N5O2S. The van der Waals surface area contributed by atoms with Crippen LogP contribution in [0.25, 0.3) is 0 Å². The molecule has 35 heavy (non-hydrogen) atoms. The topological polar surface area (TPSA) is 78.4 Å². The van der Waals surface area contributed by atoms with E-state index in [1.165, 1.54) is 29.2 Å². The molecular weight excluding hydrogens is 479 g/mol. The molecule has 1 saturated heterocycles. The fourth-order valence-electron chi connectivity index (χ4n) is 3.69. The third kappa shape index (κ3) is 5.24. The molecule has 7 nitrogen and oxygen atoms in total. The van der Waals surface area contributed by atoms with Crippen LogP contribution in [0.3, 0.4) is 0 Å². The first-order chi connectivity index (χ1) is 16.5. The predicted octanol–water partition coefficient (Wildman–Crippen LogP) is 5.89. The summed E-state index contributed by atoms with van der Waals surface area (Å²) in [6.45, 7) is 5.32. The van der Waals surface area contributed by atoms with Crippen LogP contribution in [0, 0.1) is 6.92 Å². The van der Waals surface area contributed by atoms with Gasteiger partial charge in [0.1, 0.15) is 17.2 Å². The molecule has 0 bridgehead atoms. The highest BCUT2D eigenvalue weighted by Gasteiger charge is 2.51. The van der Waals surface area contributed by atoms with Crippen LogP contribution < -0.4 is 10.2 Å². The smallest absolute Gasteiger partial charge is 0.325 e. The number of anilines is 3. The number of aryl methyl sites for hydroxylation is 1. The van der Waals surface area contributed by atoms with Gasteiger partial charge in [0, 0.05) is 23.8 Å². The highest BCUT2D eigenvalue weighted by atomic mass is 32.2. The van der Waals surface area contributed by atoms with E-state index < -0.39 is 23.0 Å². The average Bonchev–Trinajstić information content (AvgIpc) is 2.95. The minimum Gasteiger partial charge on any atom is -0.325 e. The Bertz CT molecular complexity index is 1260. The number of hydrogen-bond donors (Lipinski definition) is 1. The number of imide groups is 1. The van der Waals surface area contributed by atoms with Gasteiger partial charge in [-0.1, -0.05) is 6.07 Å². The first-order valence-corrected chi connectivity index (χ1v) is 11.4. The number of urea groups is 1. The maximum absolute atomic E-state index is 13.3. The molecule has 0 radical (unpaired) electrons. The number of nitrogens with one attached hydrogen (secondary N) is 1. The summed E-state index contributed by atoms with van der Waals surface area (Å²) < 4.78 is 37.9. The number of carbonyl (C=O) groups excluding carboxylic acids is 2. The fraction of sp³-hybridized carbons (Fsp3) is 0.250. The predicted molar refractivity (Wildman–Crippen MR) is 127 cm³/mol. The van der Waals surface area contributed by atoms with Gasteiger partial charge in [0.05, 0.1) is 5.69 Å². The van der Waals surface area contributed by atoms with Crippen LogP contribution in [-0.2, 0) is 11.3 Å². The Morgan fingerprint density at radius 1 is 1.03 bits per heavy atom. The molecule has 0 unspecified atom stereocenters. The standard InChI is InChI=1S/C24H22F3N5O2S/c1-15-5-4-11-29-20(15)30-19-13-16(10-12-28-19)14-31-22(34)32(21(33)23(31,2)3)17-6-8-18(9-7-17)35-24(25,26)27/h4-13H,14H2,1-3H3,(H,28,29,30). The number of carbonyl (C=O) groups is 2. The molecule has 3 heterocycles. The van der Waals surface area contributed by atoms with Crippen molar-refractivity contribution in [1.82, 2.24) is 14.9 Å². The third-order valence-corrected chi connectivity index (χ3v) is 6.31. The monoisotopic (exact) mass is 501 g/mol. The molecule has 0 atom stereocenters. The summed E-state index contributed by atoms with van der Waals surface area (Å²) in [5, 5.41) is 3.15. The molecule has 182 valence electrons. The van der Waals surface area contributed by atoms with Crippen molar-refractivity contribution in [2.45, 2.75) is 43.3 Å². The largest absolute Gasteiger partial charge is 0.446 e. The van der Waals surface area contributed by atoms with Crippen LogP contribution in [-0.4, -0.2) is 37.9 Å². The Kier molecular flexibility index (Phi) is 6.46. The molecule has 1 fully saturated rings. The van der Waals surface area contributed by atoms with Gasteiger partial charge in [-0.05, 0) is 86.1 Å². The second-order valence-electron chi connectivity index (χ2n) is 8.45. The zero-order valence-electron chi connectivity index (χ0n) is 19.1. The molecule has 4 rings (SSSR count). The number of rotatable bonds is 6. The minimum atomic E-state index is -4.42. The van der Waals surface area contributed by atoms with Gasteiger partial charge in [-0.2, -0.15) is 13.2 Å². The van der Waals surface area contributed by atoms with Gasteiger partial charge in [0.2, 0.25) is 0 Å². The molecule has 0 aliphatic carbocycles. The number of alkyl halides is 3. The number of pyridine rings is 2. The first kappa shape index (κ1) is 24.5. The van der Waals surface area contributed by atoms with E-state index in [1.54, 1.807) is 38.4 Å². The van der Waals surface area contributed by atoms with Gasteiger partial charge in [-0.25, -0.2) is 19.7 Å². The van der Waals surface area contributed by atoms with Gasteiger partial charge < -0.3 is 10.2 Å². The highest BCUT2D eigenvalue weighted by Crippen LogP contribution is 2.39. The molecule has 2 aromatic heterocycles. The summed E-state index contributed by atoms with van der Waals surface area (Å²) in [4.78, 5) is 37.4. The van der Waals surface area contributed by atoms with E-state index >= 15 is 0 Å². The van der Waals surface area contributed by atoms with Crippen molar-refractivity contribution < 1.29 is 22.8 Å². The summed E-state index contributed by atoms with van der Waals surface area (Å²) >= 11 is -0.257. The zero-order valence-corrected chi connectivity index (χ0v) is 19.9. The van der Waals surface area contributed by atoms with Crippen LogP contribution in [0.4, 0.5) is 35.3 Å². The van der Waals surface area contributed by atoms with E-state index in [0.29, 0.717) is 11.6 Å². The minimum absolute atomic E-state index is 0.0311. The molecule has 0 spiro atoms. The lowest BCUT2D eigenvalue weighted by molar-refractivity contribution is -0.123. The van der Waals surface area contributed by atoms with Crippen molar-refractivity contribution in [2.75, 3.05) is 10.2 Å². The molecule has 0 saturated carbocycles. The van der Waals surface area contributed by atoms with E-state index in [2.05, 4.69) is 15.3 Å². The van der Waals surface area contributed by atoms with Crippen molar-refractivity contribution >= 4 is 41.0 Å². The lowest BCUT2D eigenvalue weighted by Crippen LogP contribution is -2.43. The Balaban J connectivity index is 1.54. The molecule has 1 aliphatic heterocycles. The van der Waals surface area contributed by atoms with Crippen LogP contribution in [0.5, 0.6) is 0 Å². The molecule has 1 N–H and O–H groups in total. The van der Waals surface area contributed by atoms with E-state index in [-0.39, 0.29) is 28.9 Å². The molecule has 1 aliphatic rings. The van der Waals surface area contributed by atoms with Crippen LogP contribution >= 0.6 is 11.8 Å². The second kappa shape index (κ2) is 9.21. The van der Waals surface area contributed by atoms with Gasteiger partial charge in [-0.3, -0.25) is 4.79 Å². The molecule has 3 amide bonds. The van der Waals surface area contributed by atoms with E-state index in [4.69, 9.17) is 0 Å². The van der Waals surface area contributed by atoms with E-state index in [0.717, 1.165) is 16.0 Å². The van der Waals surface area contributed by atoms with Gasteiger partial charge in [0.15, 0.2) is 0 Å². The van der Waals surface area contributed by atoms with E-state index in [1.807, 2.05) is 19.1 Å². The SMILES string of the molecule is Cc1cccnc1Nc1cc(CN2C(=O)N(c3ccc(SC(F)(F)F)cc3)C(=O)C2(C)C)ccn1. The van der Waals surface area contributed by atoms with Gasteiger partial charge >= 0.3 is 11.5 Å². The number of thioether (sulfide) groups is 1. The highest BCUT2D eigenvalue weighted by molar-refractivity contribution is 8.00. The van der Waals surface area contributed by atoms with Crippen LogP contribution in [0.1, 0.15) is 25.0 Å². The van der Waals surface area contributed by atoms with Gasteiger partial charge in [-0.15, -0.1) is 0 Å². The van der Waals surface area contributed by atoms with Crippen molar-refractivity contribution in [2.24, 2.45) is 0 Å². The number of hydrogen-bond acceptors (Lipinski definition) is 6. The van der Waals surface area contributed by atoms with Gasteiger partial charge in [0.25, 0.3) is 5.91 Å². The number of halogens is 3. The summed E-state index contributed by atoms with van der Waals surface area (Å²) in [6.07, 6.45) is 3.26. The number of benzene rings is 1. The summed E-state index contributed by atoms with van der Waals surface area (Å²) in [7, 11) is 0. The molecule has 3 aromatic rings. The van der Waals surface area contributed by atoms with Crippen LogP contribution in [0.2, 0.25) is 0 Å². The Labute approximate surface area is 204 Å². The fourth-order valence-corrected chi connectivity index (χ4v) is 4.23. The quantitative estimate of drug-likeness (QED) is 0.335. The Morgan fingerprint density at radius 3 is 2.40 bits per heavy atom. The normalized spacial score (nSPS) is 15.6.